The van der Waals surface area contributed by atoms with Crippen LogP contribution < -0.4 is 0 Å². The fourth-order valence-electron chi connectivity index (χ4n) is 2.90. The van der Waals surface area contributed by atoms with E-state index in [1.807, 2.05) is 30.6 Å². The van der Waals surface area contributed by atoms with E-state index >= 15 is 0 Å². The minimum absolute atomic E-state index is 0.106. The van der Waals surface area contributed by atoms with Crippen molar-refractivity contribution in [3.05, 3.63) is 0 Å². The Morgan fingerprint density at radius 3 is 1.95 bits per heavy atom. The maximum absolute atomic E-state index is 12.3. The van der Waals surface area contributed by atoms with Gasteiger partial charge in [-0.1, -0.05) is 20.8 Å². The van der Waals surface area contributed by atoms with E-state index in [1.54, 1.807) is 0 Å². The number of ketones is 1. The molecule has 0 atom stereocenters. The molecule has 2 rings (SSSR count). The van der Waals surface area contributed by atoms with Gasteiger partial charge >= 0.3 is 6.03 Å². The summed E-state index contributed by atoms with van der Waals surface area (Å²) in [4.78, 5) is 28.3. The SMILES string of the molecule is CC(C)(C)C(=O)C1CCN(C(=O)N2CCOCC2)CC1. The normalized spacial score (nSPS) is 21.9. The Hall–Kier alpha value is -1.10. The lowest BCUT2D eigenvalue weighted by atomic mass is 9.79. The largest absolute Gasteiger partial charge is 0.378 e. The smallest absolute Gasteiger partial charge is 0.320 e. The number of piperidine rings is 1. The average molecular weight is 282 g/mol. The van der Waals surface area contributed by atoms with Crippen molar-refractivity contribution in [1.29, 1.82) is 0 Å². The van der Waals surface area contributed by atoms with Gasteiger partial charge in [0.15, 0.2) is 0 Å². The third kappa shape index (κ3) is 3.51. The Morgan fingerprint density at radius 1 is 0.950 bits per heavy atom. The minimum Gasteiger partial charge on any atom is -0.378 e. The second kappa shape index (κ2) is 6.12. The lowest BCUT2D eigenvalue weighted by Gasteiger charge is -2.37. The molecule has 2 saturated heterocycles. The van der Waals surface area contributed by atoms with Gasteiger partial charge in [-0.15, -0.1) is 0 Å². The van der Waals surface area contributed by atoms with Crippen LogP contribution in [0.1, 0.15) is 33.6 Å². The summed E-state index contributed by atoms with van der Waals surface area (Å²) in [6.07, 6.45) is 1.60. The van der Waals surface area contributed by atoms with Crippen LogP contribution >= 0.6 is 0 Å². The summed E-state index contributed by atoms with van der Waals surface area (Å²) in [6, 6.07) is 0.106. The summed E-state index contributed by atoms with van der Waals surface area (Å²) in [6.45, 7) is 9.93. The van der Waals surface area contributed by atoms with Crippen LogP contribution in [-0.2, 0) is 9.53 Å². The molecule has 5 heteroatoms. The molecule has 0 aliphatic carbocycles. The molecule has 0 N–H and O–H groups in total. The molecule has 2 aliphatic rings. The number of Topliss-reactive ketones (excluding diaryl/α,β-unsaturated/α-hetero) is 1. The summed E-state index contributed by atoms with van der Waals surface area (Å²) in [5.74, 6) is 0.444. The molecule has 0 aromatic heterocycles. The fraction of sp³-hybridized carbons (Fsp3) is 0.867. The number of ether oxygens (including phenoxy) is 1. The molecule has 5 nitrogen and oxygen atoms in total. The Balaban J connectivity index is 1.84. The first-order valence-electron chi connectivity index (χ1n) is 7.55. The van der Waals surface area contributed by atoms with Crippen molar-refractivity contribution < 1.29 is 14.3 Å². The molecule has 2 amide bonds. The molecule has 0 spiro atoms. The highest BCUT2D eigenvalue weighted by atomic mass is 16.5. The lowest BCUT2D eigenvalue weighted by molar-refractivity contribution is -0.131. The molecule has 0 bridgehead atoms. The van der Waals surface area contributed by atoms with E-state index in [4.69, 9.17) is 4.74 Å². The number of hydrogen-bond acceptors (Lipinski definition) is 3. The van der Waals surface area contributed by atoms with Crippen LogP contribution in [0.25, 0.3) is 0 Å². The molecular weight excluding hydrogens is 256 g/mol. The van der Waals surface area contributed by atoms with Crippen molar-refractivity contribution in [2.24, 2.45) is 11.3 Å². The van der Waals surface area contributed by atoms with E-state index in [1.165, 1.54) is 0 Å². The molecule has 0 aromatic carbocycles. The summed E-state index contributed by atoms with van der Waals surface area (Å²) < 4.78 is 5.27. The minimum atomic E-state index is -0.277. The van der Waals surface area contributed by atoms with Crippen molar-refractivity contribution in [3.8, 4) is 0 Å². The molecule has 0 aromatic rings. The van der Waals surface area contributed by atoms with Gasteiger partial charge in [0.1, 0.15) is 5.78 Å². The predicted octanol–water partition coefficient (Wildman–Crippen LogP) is 1.77. The first-order valence-corrected chi connectivity index (χ1v) is 7.55. The zero-order valence-electron chi connectivity index (χ0n) is 12.9. The van der Waals surface area contributed by atoms with E-state index in [9.17, 15) is 9.59 Å². The van der Waals surface area contributed by atoms with E-state index in [0.717, 1.165) is 12.8 Å². The van der Waals surface area contributed by atoms with E-state index < -0.39 is 0 Å². The Labute approximate surface area is 121 Å². The van der Waals surface area contributed by atoms with Gasteiger partial charge in [0.25, 0.3) is 0 Å². The third-order valence-corrected chi connectivity index (χ3v) is 4.16. The topological polar surface area (TPSA) is 49.9 Å². The number of carbonyl (C=O) groups is 2. The molecule has 114 valence electrons. The van der Waals surface area contributed by atoms with Crippen LogP contribution in [0.4, 0.5) is 4.79 Å². The number of morpholine rings is 1. The first kappa shape index (κ1) is 15.3. The number of nitrogens with zero attached hydrogens (tertiary/aromatic N) is 2. The lowest BCUT2D eigenvalue weighted by Crippen LogP contribution is -2.51. The zero-order valence-corrected chi connectivity index (χ0v) is 12.9. The van der Waals surface area contributed by atoms with Gasteiger partial charge in [-0.2, -0.15) is 0 Å². The molecule has 0 unspecified atom stereocenters. The van der Waals surface area contributed by atoms with Crippen LogP contribution in [-0.4, -0.2) is 61.0 Å². The Bertz CT molecular complexity index is 362. The summed E-state index contributed by atoms with van der Waals surface area (Å²) in [7, 11) is 0. The first-order chi connectivity index (χ1) is 9.39. The zero-order chi connectivity index (χ0) is 14.8. The van der Waals surface area contributed by atoms with Gasteiger partial charge in [0, 0.05) is 37.5 Å². The number of amides is 2. The van der Waals surface area contributed by atoms with Gasteiger partial charge in [-0.3, -0.25) is 4.79 Å². The highest BCUT2D eigenvalue weighted by molar-refractivity contribution is 5.86. The van der Waals surface area contributed by atoms with Crippen molar-refractivity contribution >= 4 is 11.8 Å². The van der Waals surface area contributed by atoms with Crippen LogP contribution in [0, 0.1) is 11.3 Å². The fourth-order valence-corrected chi connectivity index (χ4v) is 2.90. The third-order valence-electron chi connectivity index (χ3n) is 4.16. The quantitative estimate of drug-likeness (QED) is 0.736. The van der Waals surface area contributed by atoms with E-state index in [2.05, 4.69) is 0 Å². The van der Waals surface area contributed by atoms with Crippen LogP contribution in [0.5, 0.6) is 0 Å². The number of hydrogen-bond donors (Lipinski definition) is 0. The number of urea groups is 1. The summed E-state index contributed by atoms with van der Waals surface area (Å²) in [5.41, 5.74) is -0.277. The van der Waals surface area contributed by atoms with Gasteiger partial charge < -0.3 is 14.5 Å². The van der Waals surface area contributed by atoms with Gasteiger partial charge in [0.05, 0.1) is 13.2 Å². The molecule has 0 saturated carbocycles. The van der Waals surface area contributed by atoms with Crippen LogP contribution in [0.2, 0.25) is 0 Å². The number of carbonyl (C=O) groups excluding carboxylic acids is 2. The summed E-state index contributed by atoms with van der Waals surface area (Å²) in [5, 5.41) is 0. The predicted molar refractivity (Wildman–Crippen MR) is 76.5 cm³/mol. The highest BCUT2D eigenvalue weighted by Gasteiger charge is 2.34. The van der Waals surface area contributed by atoms with Crippen molar-refractivity contribution in [2.45, 2.75) is 33.6 Å². The highest BCUT2D eigenvalue weighted by Crippen LogP contribution is 2.27. The van der Waals surface area contributed by atoms with Crippen molar-refractivity contribution in [2.75, 3.05) is 39.4 Å². The van der Waals surface area contributed by atoms with E-state index in [-0.39, 0.29) is 17.4 Å². The van der Waals surface area contributed by atoms with Gasteiger partial charge in [-0.25, -0.2) is 4.79 Å². The molecule has 2 fully saturated rings. The van der Waals surface area contributed by atoms with Crippen LogP contribution in [0.15, 0.2) is 0 Å². The number of rotatable bonds is 1. The van der Waals surface area contributed by atoms with Gasteiger partial charge in [-0.05, 0) is 12.8 Å². The average Bonchev–Trinajstić information content (AvgIpc) is 2.46. The second-order valence-electron chi connectivity index (χ2n) is 6.76. The standard InChI is InChI=1S/C15H26N2O3/c1-15(2,3)13(18)12-4-6-16(7-5-12)14(19)17-8-10-20-11-9-17/h12H,4-11H2,1-3H3. The molecule has 2 aliphatic heterocycles. The van der Waals surface area contributed by atoms with Crippen molar-refractivity contribution in [1.82, 2.24) is 9.80 Å². The Morgan fingerprint density at radius 2 is 1.45 bits per heavy atom. The van der Waals surface area contributed by atoms with Gasteiger partial charge in [0.2, 0.25) is 0 Å². The van der Waals surface area contributed by atoms with Crippen molar-refractivity contribution in [3.63, 3.8) is 0 Å². The van der Waals surface area contributed by atoms with E-state index in [0.29, 0.717) is 45.2 Å². The molecular formula is C15H26N2O3. The summed E-state index contributed by atoms with van der Waals surface area (Å²) >= 11 is 0. The molecule has 20 heavy (non-hydrogen) atoms. The molecule has 0 radical (unpaired) electrons. The Kier molecular flexibility index (Phi) is 4.68. The maximum atomic E-state index is 12.3. The second-order valence-corrected chi connectivity index (χ2v) is 6.76. The monoisotopic (exact) mass is 282 g/mol. The number of likely N-dealkylation sites (tertiary alicyclic amines) is 1. The maximum Gasteiger partial charge on any atom is 0.320 e. The van der Waals surface area contributed by atoms with Crippen LogP contribution in [0.3, 0.4) is 0 Å². The molecule has 2 heterocycles.